The summed E-state index contributed by atoms with van der Waals surface area (Å²) in [6, 6.07) is 4.66. The molecular formula is C18H22N4O6. The lowest BCUT2D eigenvalue weighted by atomic mass is 10.0. The Hall–Kier alpha value is -3.14. The van der Waals surface area contributed by atoms with Gasteiger partial charge in [0.05, 0.1) is 6.61 Å². The highest BCUT2D eigenvalue weighted by Gasteiger charge is 2.39. The SMILES string of the molecule is CC(OCCNc1cccc2c1CN(C1CCC(=O)NC1=O)C2=O)OC(N)=O. The third kappa shape index (κ3) is 4.22. The molecule has 1 aromatic rings. The largest absolute Gasteiger partial charge is 0.420 e. The van der Waals surface area contributed by atoms with Gasteiger partial charge in [-0.25, -0.2) is 4.79 Å². The number of ether oxygens (including phenoxy) is 2. The minimum absolute atomic E-state index is 0.213. The van der Waals surface area contributed by atoms with Gasteiger partial charge < -0.3 is 25.4 Å². The van der Waals surface area contributed by atoms with Crippen LogP contribution < -0.4 is 16.4 Å². The lowest BCUT2D eigenvalue weighted by molar-refractivity contribution is -0.136. The smallest absolute Gasteiger partial charge is 0.406 e. The van der Waals surface area contributed by atoms with Crippen LogP contribution in [0.3, 0.4) is 0 Å². The number of carbonyl (C=O) groups excluding carboxylic acids is 4. The van der Waals surface area contributed by atoms with E-state index in [-0.39, 0.29) is 31.4 Å². The fraction of sp³-hybridized carbons (Fsp3) is 0.444. The van der Waals surface area contributed by atoms with Crippen molar-refractivity contribution in [2.75, 3.05) is 18.5 Å². The van der Waals surface area contributed by atoms with Crippen LogP contribution in [0, 0.1) is 0 Å². The summed E-state index contributed by atoms with van der Waals surface area (Å²) in [7, 11) is 0. The summed E-state index contributed by atoms with van der Waals surface area (Å²) in [4.78, 5) is 48.4. The molecule has 2 aliphatic rings. The number of nitrogens with one attached hydrogen (secondary N) is 2. The lowest BCUT2D eigenvalue weighted by Crippen LogP contribution is -2.52. The average Bonchev–Trinajstić information content (AvgIpc) is 2.96. The van der Waals surface area contributed by atoms with Gasteiger partial charge in [0, 0.05) is 36.3 Å². The first-order valence-electron chi connectivity index (χ1n) is 8.95. The zero-order valence-corrected chi connectivity index (χ0v) is 15.4. The maximum absolute atomic E-state index is 12.7. The molecule has 0 aliphatic carbocycles. The number of rotatable bonds is 7. The Balaban J connectivity index is 1.61. The number of anilines is 1. The van der Waals surface area contributed by atoms with E-state index >= 15 is 0 Å². The second kappa shape index (κ2) is 8.26. The molecule has 3 rings (SSSR count). The second-order valence-electron chi connectivity index (χ2n) is 6.53. The van der Waals surface area contributed by atoms with Crippen molar-refractivity contribution in [3.8, 4) is 0 Å². The van der Waals surface area contributed by atoms with Gasteiger partial charge in [-0.2, -0.15) is 0 Å². The number of hydrogen-bond acceptors (Lipinski definition) is 7. The van der Waals surface area contributed by atoms with Crippen molar-refractivity contribution < 1.29 is 28.7 Å². The average molecular weight is 390 g/mol. The molecule has 10 nitrogen and oxygen atoms in total. The van der Waals surface area contributed by atoms with Crippen molar-refractivity contribution in [2.24, 2.45) is 5.73 Å². The zero-order chi connectivity index (χ0) is 20.3. The Morgan fingerprint density at radius 1 is 1.39 bits per heavy atom. The van der Waals surface area contributed by atoms with Gasteiger partial charge in [-0.3, -0.25) is 19.7 Å². The standard InChI is InChI=1S/C18H22N4O6/c1-10(28-18(19)26)27-8-7-20-13-4-2-3-11-12(13)9-22(17(11)25)14-5-6-15(23)21-16(14)24/h2-4,10,14,20H,5-9H2,1H3,(H2,19,26)(H,21,23,24). The number of amides is 4. The molecule has 2 heterocycles. The quantitative estimate of drug-likeness (QED) is 0.346. The Bertz CT molecular complexity index is 811. The summed E-state index contributed by atoms with van der Waals surface area (Å²) in [5.41, 5.74) is 6.99. The molecular weight excluding hydrogens is 368 g/mol. The van der Waals surface area contributed by atoms with Gasteiger partial charge in [0.15, 0.2) is 0 Å². The molecule has 0 radical (unpaired) electrons. The Labute approximate surface area is 161 Å². The monoisotopic (exact) mass is 390 g/mol. The van der Waals surface area contributed by atoms with E-state index < -0.39 is 24.3 Å². The Kier molecular flexibility index (Phi) is 5.78. The molecule has 1 aromatic carbocycles. The second-order valence-corrected chi connectivity index (χ2v) is 6.53. The van der Waals surface area contributed by atoms with Crippen LogP contribution in [0.1, 0.15) is 35.7 Å². The number of imide groups is 1. The minimum atomic E-state index is -0.909. The first-order chi connectivity index (χ1) is 13.4. The van der Waals surface area contributed by atoms with Crippen LogP contribution in [0.25, 0.3) is 0 Å². The predicted molar refractivity (Wildman–Crippen MR) is 97.1 cm³/mol. The van der Waals surface area contributed by atoms with Crippen molar-refractivity contribution in [3.05, 3.63) is 29.3 Å². The molecule has 2 aliphatic heterocycles. The van der Waals surface area contributed by atoms with Gasteiger partial charge in [-0.1, -0.05) is 6.07 Å². The number of piperidine rings is 1. The van der Waals surface area contributed by atoms with Gasteiger partial charge >= 0.3 is 6.09 Å². The summed E-state index contributed by atoms with van der Waals surface area (Å²) >= 11 is 0. The molecule has 1 saturated heterocycles. The van der Waals surface area contributed by atoms with E-state index in [1.54, 1.807) is 19.1 Å². The highest BCUT2D eigenvalue weighted by Crippen LogP contribution is 2.32. The molecule has 150 valence electrons. The number of carbonyl (C=O) groups is 4. The normalized spacial score (nSPS) is 19.8. The molecule has 4 amide bonds. The van der Waals surface area contributed by atoms with Crippen molar-refractivity contribution in [2.45, 2.75) is 38.6 Å². The van der Waals surface area contributed by atoms with Crippen LogP contribution in [0.15, 0.2) is 18.2 Å². The highest BCUT2D eigenvalue weighted by molar-refractivity contribution is 6.06. The van der Waals surface area contributed by atoms with Crippen LogP contribution in [0.5, 0.6) is 0 Å². The van der Waals surface area contributed by atoms with Crippen molar-refractivity contribution in [1.29, 1.82) is 0 Å². The number of benzene rings is 1. The molecule has 0 aromatic heterocycles. The fourth-order valence-corrected chi connectivity index (χ4v) is 3.36. The van der Waals surface area contributed by atoms with Crippen molar-refractivity contribution in [3.63, 3.8) is 0 Å². The molecule has 2 atom stereocenters. The number of nitrogens with two attached hydrogens (primary N) is 1. The van der Waals surface area contributed by atoms with E-state index in [1.165, 1.54) is 4.90 Å². The third-order valence-electron chi connectivity index (χ3n) is 4.63. The van der Waals surface area contributed by atoms with Crippen LogP contribution in [-0.2, 0) is 25.6 Å². The Morgan fingerprint density at radius 2 is 2.18 bits per heavy atom. The summed E-state index contributed by atoms with van der Waals surface area (Å²) in [6.07, 6.45) is -1.14. The molecule has 1 fully saturated rings. The van der Waals surface area contributed by atoms with Crippen LogP contribution in [0.4, 0.5) is 10.5 Å². The van der Waals surface area contributed by atoms with E-state index in [9.17, 15) is 19.2 Å². The van der Waals surface area contributed by atoms with Crippen molar-refractivity contribution in [1.82, 2.24) is 10.2 Å². The van der Waals surface area contributed by atoms with E-state index in [2.05, 4.69) is 15.4 Å². The van der Waals surface area contributed by atoms with Gasteiger partial charge in [0.1, 0.15) is 6.04 Å². The lowest BCUT2D eigenvalue weighted by Gasteiger charge is -2.29. The number of fused-ring (bicyclic) bond motifs is 1. The topological polar surface area (TPSA) is 140 Å². The van der Waals surface area contributed by atoms with E-state index in [0.29, 0.717) is 18.5 Å². The molecule has 0 saturated carbocycles. The first kappa shape index (κ1) is 19.6. The van der Waals surface area contributed by atoms with E-state index in [0.717, 1.165) is 11.3 Å². The van der Waals surface area contributed by atoms with Crippen LogP contribution in [0.2, 0.25) is 0 Å². The van der Waals surface area contributed by atoms with Gasteiger partial charge in [-0.05, 0) is 25.5 Å². The van der Waals surface area contributed by atoms with Gasteiger partial charge in [0.25, 0.3) is 5.91 Å². The first-order valence-corrected chi connectivity index (χ1v) is 8.95. The number of hydrogen-bond donors (Lipinski definition) is 3. The molecule has 28 heavy (non-hydrogen) atoms. The highest BCUT2D eigenvalue weighted by atomic mass is 16.7. The maximum atomic E-state index is 12.7. The van der Waals surface area contributed by atoms with Crippen LogP contribution >= 0.6 is 0 Å². The molecule has 10 heteroatoms. The van der Waals surface area contributed by atoms with Gasteiger partial charge in [0.2, 0.25) is 18.1 Å². The molecule has 4 N–H and O–H groups in total. The predicted octanol–water partition coefficient (Wildman–Crippen LogP) is 0.317. The molecule has 0 spiro atoms. The Morgan fingerprint density at radius 3 is 2.89 bits per heavy atom. The maximum Gasteiger partial charge on any atom is 0.406 e. The number of nitrogens with zero attached hydrogens (tertiary/aromatic N) is 1. The van der Waals surface area contributed by atoms with E-state index in [1.807, 2.05) is 6.07 Å². The molecule has 0 bridgehead atoms. The fourth-order valence-electron chi connectivity index (χ4n) is 3.36. The summed E-state index contributed by atoms with van der Waals surface area (Å²) in [6.45, 7) is 2.51. The van der Waals surface area contributed by atoms with Crippen molar-refractivity contribution >= 4 is 29.5 Å². The van der Waals surface area contributed by atoms with E-state index in [4.69, 9.17) is 10.5 Å². The summed E-state index contributed by atoms with van der Waals surface area (Å²) < 4.78 is 9.97. The molecule has 2 unspecified atom stereocenters. The number of primary amides is 1. The zero-order valence-electron chi connectivity index (χ0n) is 15.4. The van der Waals surface area contributed by atoms with Crippen LogP contribution in [-0.4, -0.2) is 54.2 Å². The third-order valence-corrected chi connectivity index (χ3v) is 4.63. The minimum Gasteiger partial charge on any atom is -0.420 e. The summed E-state index contributed by atoms with van der Waals surface area (Å²) in [5.74, 6) is -0.987. The van der Waals surface area contributed by atoms with Gasteiger partial charge in [-0.15, -0.1) is 0 Å². The summed E-state index contributed by atoms with van der Waals surface area (Å²) in [5, 5.41) is 5.47.